The number of hydrogen-bond donors (Lipinski definition) is 1. The number of hydrogen-bond acceptors (Lipinski definition) is 3. The molecule has 136 valence electrons. The number of nitrogens with one attached hydrogen (secondary N) is 1. The summed E-state index contributed by atoms with van der Waals surface area (Å²) in [7, 11) is 0. The molecule has 0 aliphatic rings. The summed E-state index contributed by atoms with van der Waals surface area (Å²) in [6, 6.07) is 13.5. The van der Waals surface area contributed by atoms with Gasteiger partial charge in [-0.2, -0.15) is 0 Å². The van der Waals surface area contributed by atoms with Gasteiger partial charge in [0.05, 0.1) is 25.0 Å². The van der Waals surface area contributed by atoms with Gasteiger partial charge in [0, 0.05) is 17.9 Å². The molecule has 1 aromatic carbocycles. The number of amides is 1. The van der Waals surface area contributed by atoms with Crippen molar-refractivity contribution in [1.29, 1.82) is 0 Å². The van der Waals surface area contributed by atoms with E-state index in [2.05, 4.69) is 9.88 Å². The second-order valence-electron chi connectivity index (χ2n) is 6.21. The quantitative estimate of drug-likeness (QED) is 0.697. The summed E-state index contributed by atoms with van der Waals surface area (Å²) in [4.78, 5) is 12.6. The second-order valence-corrected chi connectivity index (χ2v) is 6.21. The van der Waals surface area contributed by atoms with Gasteiger partial charge in [-0.15, -0.1) is 0 Å². The summed E-state index contributed by atoms with van der Waals surface area (Å²) in [5.41, 5.74) is 3.66. The van der Waals surface area contributed by atoms with Crippen LogP contribution in [0.15, 0.2) is 53.1 Å². The standard InChI is InChI=1S/C21H24N2O3/c1-4-25-18-8-5-7-17(12-18)13-22-21(24)20-11-15(2)23(16(20)3)14-19-9-6-10-26-19/h5-12H,4,13-14H2,1-3H3,(H,22,24). The van der Waals surface area contributed by atoms with Crippen molar-refractivity contribution >= 4 is 5.91 Å². The average molecular weight is 352 g/mol. The van der Waals surface area contributed by atoms with Crippen LogP contribution in [0.5, 0.6) is 5.75 Å². The van der Waals surface area contributed by atoms with Gasteiger partial charge in [0.25, 0.3) is 5.91 Å². The zero-order chi connectivity index (χ0) is 18.5. The van der Waals surface area contributed by atoms with Gasteiger partial charge >= 0.3 is 0 Å². The van der Waals surface area contributed by atoms with Crippen molar-refractivity contribution in [3.63, 3.8) is 0 Å². The van der Waals surface area contributed by atoms with Crippen molar-refractivity contribution in [3.8, 4) is 5.75 Å². The molecule has 0 aliphatic carbocycles. The van der Waals surface area contributed by atoms with Crippen molar-refractivity contribution in [2.45, 2.75) is 33.9 Å². The molecule has 0 spiro atoms. The van der Waals surface area contributed by atoms with E-state index < -0.39 is 0 Å². The summed E-state index contributed by atoms with van der Waals surface area (Å²) in [5, 5.41) is 2.99. The fourth-order valence-corrected chi connectivity index (χ4v) is 3.02. The number of furan rings is 1. The Balaban J connectivity index is 1.69. The molecule has 0 bridgehead atoms. The number of benzene rings is 1. The normalized spacial score (nSPS) is 10.7. The highest BCUT2D eigenvalue weighted by atomic mass is 16.5. The molecule has 3 aromatic rings. The maximum absolute atomic E-state index is 12.6. The predicted octanol–water partition coefficient (Wildman–Crippen LogP) is 4.07. The molecule has 5 heteroatoms. The molecule has 0 radical (unpaired) electrons. The van der Waals surface area contributed by atoms with E-state index in [1.807, 2.05) is 63.2 Å². The topological polar surface area (TPSA) is 56.4 Å². The third kappa shape index (κ3) is 3.99. The Bertz CT molecular complexity index is 879. The Morgan fingerprint density at radius 1 is 1.19 bits per heavy atom. The molecule has 0 fully saturated rings. The van der Waals surface area contributed by atoms with Gasteiger partial charge in [0.15, 0.2) is 0 Å². The van der Waals surface area contributed by atoms with Crippen LogP contribution in [0.25, 0.3) is 0 Å². The zero-order valence-electron chi connectivity index (χ0n) is 15.4. The zero-order valence-corrected chi connectivity index (χ0v) is 15.4. The monoisotopic (exact) mass is 352 g/mol. The molecule has 0 saturated carbocycles. The van der Waals surface area contributed by atoms with Crippen LogP contribution in [0.2, 0.25) is 0 Å². The molecule has 0 atom stereocenters. The van der Waals surface area contributed by atoms with Gasteiger partial charge in [-0.25, -0.2) is 0 Å². The van der Waals surface area contributed by atoms with Crippen LogP contribution in [0, 0.1) is 13.8 Å². The van der Waals surface area contributed by atoms with Crippen LogP contribution in [-0.4, -0.2) is 17.1 Å². The Hall–Kier alpha value is -2.95. The molecule has 0 unspecified atom stereocenters. The number of ether oxygens (including phenoxy) is 1. The molecular weight excluding hydrogens is 328 g/mol. The molecule has 5 nitrogen and oxygen atoms in total. The maximum atomic E-state index is 12.6. The van der Waals surface area contributed by atoms with Crippen molar-refractivity contribution in [3.05, 3.63) is 77.0 Å². The molecule has 0 saturated heterocycles. The first kappa shape index (κ1) is 17.9. The summed E-state index contributed by atoms with van der Waals surface area (Å²) < 4.78 is 13.0. The number of rotatable bonds is 7. The molecular formula is C21H24N2O3. The SMILES string of the molecule is CCOc1cccc(CNC(=O)c2cc(C)n(Cc3ccco3)c2C)c1. The van der Waals surface area contributed by atoms with Crippen molar-refractivity contribution in [1.82, 2.24) is 9.88 Å². The third-order valence-corrected chi connectivity index (χ3v) is 4.37. The highest BCUT2D eigenvalue weighted by Gasteiger charge is 2.16. The van der Waals surface area contributed by atoms with Crippen molar-refractivity contribution in [2.75, 3.05) is 6.61 Å². The van der Waals surface area contributed by atoms with E-state index >= 15 is 0 Å². The van der Waals surface area contributed by atoms with E-state index in [0.717, 1.165) is 28.5 Å². The molecule has 26 heavy (non-hydrogen) atoms. The van der Waals surface area contributed by atoms with E-state index in [4.69, 9.17) is 9.15 Å². The van der Waals surface area contributed by atoms with Gasteiger partial charge in [-0.05, 0) is 56.7 Å². The minimum absolute atomic E-state index is 0.0781. The van der Waals surface area contributed by atoms with E-state index in [9.17, 15) is 4.79 Å². The minimum Gasteiger partial charge on any atom is -0.494 e. The van der Waals surface area contributed by atoms with Crippen molar-refractivity contribution in [2.24, 2.45) is 0 Å². The van der Waals surface area contributed by atoms with Gasteiger partial charge in [-0.3, -0.25) is 4.79 Å². The number of nitrogens with zero attached hydrogens (tertiary/aromatic N) is 1. The minimum atomic E-state index is -0.0781. The fourth-order valence-electron chi connectivity index (χ4n) is 3.02. The van der Waals surface area contributed by atoms with Gasteiger partial charge in [0.2, 0.25) is 0 Å². The molecule has 0 aliphatic heterocycles. The lowest BCUT2D eigenvalue weighted by molar-refractivity contribution is 0.0950. The van der Waals surface area contributed by atoms with Crippen LogP contribution in [0.4, 0.5) is 0 Å². The lowest BCUT2D eigenvalue weighted by Crippen LogP contribution is -2.23. The van der Waals surface area contributed by atoms with E-state index in [0.29, 0.717) is 25.3 Å². The Morgan fingerprint density at radius 3 is 2.77 bits per heavy atom. The summed E-state index contributed by atoms with van der Waals surface area (Å²) in [6.45, 7) is 7.61. The van der Waals surface area contributed by atoms with E-state index in [1.165, 1.54) is 0 Å². The van der Waals surface area contributed by atoms with Crippen LogP contribution in [-0.2, 0) is 13.1 Å². The smallest absolute Gasteiger partial charge is 0.253 e. The Morgan fingerprint density at radius 2 is 2.04 bits per heavy atom. The Labute approximate surface area is 153 Å². The summed E-state index contributed by atoms with van der Waals surface area (Å²) in [5.74, 6) is 1.60. The first-order chi connectivity index (χ1) is 12.6. The lowest BCUT2D eigenvalue weighted by atomic mass is 10.2. The maximum Gasteiger partial charge on any atom is 0.253 e. The van der Waals surface area contributed by atoms with Gasteiger partial charge < -0.3 is 19.0 Å². The predicted molar refractivity (Wildman–Crippen MR) is 100 cm³/mol. The molecule has 2 heterocycles. The fraction of sp³-hybridized carbons (Fsp3) is 0.286. The largest absolute Gasteiger partial charge is 0.494 e. The van der Waals surface area contributed by atoms with Crippen LogP contribution in [0.3, 0.4) is 0 Å². The van der Waals surface area contributed by atoms with Crippen LogP contribution >= 0.6 is 0 Å². The lowest BCUT2D eigenvalue weighted by Gasteiger charge is -2.09. The van der Waals surface area contributed by atoms with Gasteiger partial charge in [-0.1, -0.05) is 12.1 Å². The number of aryl methyl sites for hydroxylation is 1. The second kappa shape index (κ2) is 7.95. The molecule has 1 N–H and O–H groups in total. The summed E-state index contributed by atoms with van der Waals surface area (Å²) >= 11 is 0. The van der Waals surface area contributed by atoms with E-state index in [-0.39, 0.29) is 5.91 Å². The highest BCUT2D eigenvalue weighted by molar-refractivity contribution is 5.95. The molecule has 1 amide bonds. The number of carbonyl (C=O) groups is 1. The molecule has 3 rings (SSSR count). The van der Waals surface area contributed by atoms with Crippen molar-refractivity contribution < 1.29 is 13.9 Å². The third-order valence-electron chi connectivity index (χ3n) is 4.37. The number of aromatic nitrogens is 1. The first-order valence-corrected chi connectivity index (χ1v) is 8.77. The van der Waals surface area contributed by atoms with Crippen LogP contribution < -0.4 is 10.1 Å². The van der Waals surface area contributed by atoms with Gasteiger partial charge in [0.1, 0.15) is 11.5 Å². The number of carbonyl (C=O) groups excluding carboxylic acids is 1. The average Bonchev–Trinajstić information content (AvgIpc) is 3.24. The Kier molecular flexibility index (Phi) is 5.46. The molecule has 2 aromatic heterocycles. The summed E-state index contributed by atoms with van der Waals surface area (Å²) in [6.07, 6.45) is 1.66. The van der Waals surface area contributed by atoms with Crippen LogP contribution in [0.1, 0.15) is 40.0 Å². The highest BCUT2D eigenvalue weighted by Crippen LogP contribution is 2.18. The van der Waals surface area contributed by atoms with E-state index in [1.54, 1.807) is 6.26 Å². The first-order valence-electron chi connectivity index (χ1n) is 8.77.